The third kappa shape index (κ3) is 1.81. The molecular weight excluding hydrogens is 338 g/mol. The van der Waals surface area contributed by atoms with Gasteiger partial charge in [-0.2, -0.15) is 0 Å². The average Bonchev–Trinajstić information content (AvgIpc) is 2.86. The van der Waals surface area contributed by atoms with Crippen molar-refractivity contribution in [2.45, 2.75) is 12.3 Å². The van der Waals surface area contributed by atoms with Gasteiger partial charge in [-0.15, -0.1) is 0 Å². The number of nitrogens with one attached hydrogen (secondary N) is 2. The Balaban J connectivity index is 2.20. The number of carbonyl (C=O) groups excluding carboxylic acids is 2. The van der Waals surface area contributed by atoms with E-state index in [9.17, 15) is 14.4 Å². The highest BCUT2D eigenvalue weighted by Crippen LogP contribution is 2.52. The van der Waals surface area contributed by atoms with Crippen LogP contribution >= 0.6 is 0 Å². The first kappa shape index (κ1) is 15.9. The smallest absolute Gasteiger partial charge is 0.340 e. The molecule has 0 radical (unpaired) electrons. The van der Waals surface area contributed by atoms with Crippen molar-refractivity contribution in [1.82, 2.24) is 4.98 Å². The lowest BCUT2D eigenvalue weighted by Crippen LogP contribution is -2.49. The zero-order chi connectivity index (χ0) is 18.6. The largest absolute Gasteiger partial charge is 0.465 e. The van der Waals surface area contributed by atoms with Crippen molar-refractivity contribution in [3.05, 3.63) is 69.0 Å². The highest BCUT2D eigenvalue weighted by atomic mass is 16.5. The van der Waals surface area contributed by atoms with Crippen LogP contribution < -0.4 is 21.3 Å². The summed E-state index contributed by atoms with van der Waals surface area (Å²) < 4.78 is 10.4. The predicted molar refractivity (Wildman–Crippen MR) is 91.5 cm³/mol. The number of esters is 1. The summed E-state index contributed by atoms with van der Waals surface area (Å²) in [5.41, 5.74) is 4.96. The molecule has 0 saturated carbocycles. The summed E-state index contributed by atoms with van der Waals surface area (Å²) >= 11 is 0. The molecule has 3 heterocycles. The van der Waals surface area contributed by atoms with Gasteiger partial charge in [0, 0.05) is 23.0 Å². The van der Waals surface area contributed by atoms with Crippen molar-refractivity contribution >= 4 is 17.6 Å². The average molecular weight is 353 g/mol. The molecule has 1 unspecified atom stereocenters. The number of nitrogens with two attached hydrogens (primary N) is 1. The van der Waals surface area contributed by atoms with Crippen LogP contribution in [0, 0.1) is 6.92 Å². The summed E-state index contributed by atoms with van der Waals surface area (Å²) in [5.74, 6) is -1.56. The fourth-order valence-electron chi connectivity index (χ4n) is 3.68. The van der Waals surface area contributed by atoms with Crippen molar-refractivity contribution in [1.29, 1.82) is 0 Å². The van der Waals surface area contributed by atoms with Crippen LogP contribution in [0.15, 0.2) is 46.6 Å². The highest BCUT2D eigenvalue weighted by Gasteiger charge is 2.60. The number of para-hydroxylation sites is 1. The predicted octanol–water partition coefficient (Wildman–Crippen LogP) is 0.657. The van der Waals surface area contributed by atoms with E-state index in [-0.39, 0.29) is 22.8 Å². The van der Waals surface area contributed by atoms with Gasteiger partial charge < -0.3 is 25.5 Å². The molecule has 1 amide bonds. The maximum atomic E-state index is 13.2. The van der Waals surface area contributed by atoms with Gasteiger partial charge in [0.25, 0.3) is 5.56 Å². The van der Waals surface area contributed by atoms with Crippen molar-refractivity contribution in [2.75, 3.05) is 12.4 Å². The zero-order valence-electron chi connectivity index (χ0n) is 14.0. The minimum Gasteiger partial charge on any atom is -0.465 e. The van der Waals surface area contributed by atoms with Crippen LogP contribution in [0.3, 0.4) is 0 Å². The Morgan fingerprint density at radius 1 is 1.27 bits per heavy atom. The van der Waals surface area contributed by atoms with Crippen molar-refractivity contribution in [2.24, 2.45) is 5.73 Å². The first-order chi connectivity index (χ1) is 12.4. The van der Waals surface area contributed by atoms with Crippen molar-refractivity contribution in [3.63, 3.8) is 0 Å². The van der Waals surface area contributed by atoms with E-state index < -0.39 is 22.9 Å². The lowest BCUT2D eigenvalue weighted by Gasteiger charge is -2.34. The van der Waals surface area contributed by atoms with E-state index in [1.54, 1.807) is 37.3 Å². The van der Waals surface area contributed by atoms with Crippen LogP contribution in [0.2, 0.25) is 0 Å². The van der Waals surface area contributed by atoms with Gasteiger partial charge in [0.15, 0.2) is 0 Å². The molecule has 2 aliphatic rings. The number of hydrogen-bond acceptors (Lipinski definition) is 6. The number of hydrogen-bond donors (Lipinski definition) is 3. The molecule has 2 aromatic rings. The topological polar surface area (TPSA) is 124 Å². The Morgan fingerprint density at radius 2 is 2.00 bits per heavy atom. The van der Waals surface area contributed by atoms with Gasteiger partial charge in [0.2, 0.25) is 11.8 Å². The van der Waals surface area contributed by atoms with E-state index in [4.69, 9.17) is 15.2 Å². The second kappa shape index (κ2) is 5.22. The van der Waals surface area contributed by atoms with Gasteiger partial charge in [-0.05, 0) is 13.0 Å². The van der Waals surface area contributed by atoms with E-state index in [1.165, 1.54) is 7.11 Å². The first-order valence-corrected chi connectivity index (χ1v) is 7.83. The third-order valence-corrected chi connectivity index (χ3v) is 4.66. The lowest BCUT2D eigenvalue weighted by atomic mass is 9.68. The number of ether oxygens (including phenoxy) is 2. The molecule has 8 nitrogen and oxygen atoms in total. The van der Waals surface area contributed by atoms with Crippen LogP contribution in [0.5, 0.6) is 5.75 Å². The Morgan fingerprint density at radius 3 is 2.73 bits per heavy atom. The maximum absolute atomic E-state index is 13.2. The number of rotatable bonds is 1. The van der Waals surface area contributed by atoms with Gasteiger partial charge in [-0.25, -0.2) is 4.79 Å². The monoisotopic (exact) mass is 353 g/mol. The molecule has 26 heavy (non-hydrogen) atoms. The highest BCUT2D eigenvalue weighted by molar-refractivity contribution is 6.17. The summed E-state index contributed by atoms with van der Waals surface area (Å²) in [7, 11) is 1.17. The Bertz CT molecular complexity index is 1070. The van der Waals surface area contributed by atoms with Gasteiger partial charge in [0.1, 0.15) is 16.7 Å². The lowest BCUT2D eigenvalue weighted by molar-refractivity contribution is -0.138. The second-order valence-corrected chi connectivity index (χ2v) is 6.10. The number of aryl methyl sites for hydroxylation is 1. The molecule has 0 aliphatic carbocycles. The number of methoxy groups -OCH3 is 1. The van der Waals surface area contributed by atoms with Gasteiger partial charge in [-0.3, -0.25) is 9.59 Å². The molecule has 1 aromatic carbocycles. The van der Waals surface area contributed by atoms with Crippen LogP contribution in [0.1, 0.15) is 16.8 Å². The second-order valence-electron chi connectivity index (χ2n) is 6.10. The van der Waals surface area contributed by atoms with E-state index >= 15 is 0 Å². The SMILES string of the molecule is COC(=O)C1=C(N)Oc2cc(C)[nH]c(=O)c2C12C(=O)Nc1ccccc12. The summed E-state index contributed by atoms with van der Waals surface area (Å²) in [5, 5.41) is 2.73. The molecule has 0 bridgehead atoms. The number of pyridine rings is 1. The fourth-order valence-corrected chi connectivity index (χ4v) is 3.68. The molecule has 132 valence electrons. The summed E-state index contributed by atoms with van der Waals surface area (Å²) in [6.07, 6.45) is 0. The molecular formula is C18H15N3O5. The summed E-state index contributed by atoms with van der Waals surface area (Å²) in [6, 6.07) is 8.36. The van der Waals surface area contributed by atoms with Crippen LogP contribution in [-0.4, -0.2) is 24.0 Å². The number of aromatic nitrogens is 1. The van der Waals surface area contributed by atoms with E-state index in [1.807, 2.05) is 0 Å². The van der Waals surface area contributed by atoms with Crippen LogP contribution in [0.25, 0.3) is 0 Å². The summed E-state index contributed by atoms with van der Waals surface area (Å²) in [6.45, 7) is 1.68. The van der Waals surface area contributed by atoms with Gasteiger partial charge >= 0.3 is 5.97 Å². The Labute approximate surface area is 147 Å². The number of aromatic amines is 1. The molecule has 1 spiro atoms. The van der Waals surface area contributed by atoms with E-state index in [0.29, 0.717) is 16.9 Å². The molecule has 4 rings (SSSR count). The molecule has 0 saturated heterocycles. The molecule has 1 aromatic heterocycles. The Hall–Kier alpha value is -3.55. The number of carbonyl (C=O) groups is 2. The minimum absolute atomic E-state index is 0.000139. The normalized spacial score (nSPS) is 20.3. The molecule has 4 N–H and O–H groups in total. The van der Waals surface area contributed by atoms with E-state index in [0.717, 1.165) is 0 Å². The number of fused-ring (bicyclic) bond motifs is 4. The van der Waals surface area contributed by atoms with Gasteiger partial charge in [-0.1, -0.05) is 18.2 Å². The van der Waals surface area contributed by atoms with E-state index in [2.05, 4.69) is 10.3 Å². The number of benzene rings is 1. The standard InChI is InChI=1S/C18H15N3O5/c1-8-7-11-12(15(22)20-8)18(13(14(19)26-11)16(23)25-2)9-5-3-4-6-10(9)21-17(18)24/h3-7H,19H2,1-2H3,(H,20,22)(H,21,24). The zero-order valence-corrected chi connectivity index (χ0v) is 14.0. The molecule has 8 heteroatoms. The third-order valence-electron chi connectivity index (χ3n) is 4.66. The van der Waals surface area contributed by atoms with Crippen LogP contribution in [0.4, 0.5) is 5.69 Å². The number of H-pyrrole nitrogens is 1. The minimum atomic E-state index is -1.75. The van der Waals surface area contributed by atoms with Crippen LogP contribution in [-0.2, 0) is 19.7 Å². The summed E-state index contributed by atoms with van der Waals surface area (Å²) in [4.78, 5) is 41.2. The van der Waals surface area contributed by atoms with Crippen molar-refractivity contribution < 1.29 is 19.1 Å². The maximum Gasteiger partial charge on any atom is 0.340 e. The Kier molecular flexibility index (Phi) is 3.20. The quantitative estimate of drug-likeness (QED) is 0.647. The van der Waals surface area contributed by atoms with Gasteiger partial charge in [0.05, 0.1) is 12.7 Å². The number of amides is 1. The first-order valence-electron chi connectivity index (χ1n) is 7.83. The number of anilines is 1. The molecule has 0 fully saturated rings. The molecule has 2 aliphatic heterocycles. The van der Waals surface area contributed by atoms with Crippen molar-refractivity contribution in [3.8, 4) is 5.75 Å². The molecule has 1 atom stereocenters. The fraction of sp³-hybridized carbons (Fsp3) is 0.167.